The van der Waals surface area contributed by atoms with Crippen LogP contribution in [0.1, 0.15) is 5.69 Å². The summed E-state index contributed by atoms with van der Waals surface area (Å²) in [5.74, 6) is -1.12. The van der Waals surface area contributed by atoms with Crippen molar-refractivity contribution in [3.63, 3.8) is 0 Å². The van der Waals surface area contributed by atoms with Gasteiger partial charge in [0.1, 0.15) is 0 Å². The zero-order valence-electron chi connectivity index (χ0n) is 5.57. The molecule has 0 atom stereocenters. The van der Waals surface area contributed by atoms with Crippen molar-refractivity contribution in [2.45, 2.75) is 13.5 Å². The highest BCUT2D eigenvalue weighted by atomic mass is 16.4. The molecule has 54 valence electrons. The van der Waals surface area contributed by atoms with Gasteiger partial charge in [-0.1, -0.05) is 0 Å². The van der Waals surface area contributed by atoms with Crippen LogP contribution in [0.15, 0.2) is 12.3 Å². The largest absolute Gasteiger partial charge is 0.548 e. The second kappa shape index (κ2) is 2.51. The van der Waals surface area contributed by atoms with Crippen molar-refractivity contribution in [3.05, 3.63) is 18.0 Å². The minimum absolute atomic E-state index is 0.168. The number of aromatic nitrogens is 2. The Morgan fingerprint density at radius 3 is 3.00 bits per heavy atom. The van der Waals surface area contributed by atoms with Crippen LogP contribution < -0.4 is 5.11 Å². The maximum Gasteiger partial charge on any atom is 0.0807 e. The van der Waals surface area contributed by atoms with E-state index in [2.05, 4.69) is 5.10 Å². The van der Waals surface area contributed by atoms with Gasteiger partial charge >= 0.3 is 0 Å². The summed E-state index contributed by atoms with van der Waals surface area (Å²) in [4.78, 5) is 10.0. The van der Waals surface area contributed by atoms with E-state index in [0.717, 1.165) is 5.69 Å². The third-order valence-corrected chi connectivity index (χ3v) is 1.21. The fraction of sp³-hybridized carbons (Fsp3) is 0.333. The van der Waals surface area contributed by atoms with Gasteiger partial charge in [-0.3, -0.25) is 4.68 Å². The standard InChI is InChI=1S/C6H8N2O2/c1-5-2-3-7-8(5)4-6(9)10/h2-3H,4H2,1H3,(H,9,10)/p-1. The molecular formula is C6H7N2O2-. The second-order valence-corrected chi connectivity index (χ2v) is 2.00. The highest BCUT2D eigenvalue weighted by Gasteiger charge is 1.94. The van der Waals surface area contributed by atoms with Gasteiger partial charge in [0.15, 0.2) is 0 Å². The number of carboxylic acid groups (broad SMARTS) is 1. The molecule has 0 N–H and O–H groups in total. The van der Waals surface area contributed by atoms with Crippen LogP contribution in [0, 0.1) is 6.92 Å². The second-order valence-electron chi connectivity index (χ2n) is 2.00. The van der Waals surface area contributed by atoms with Crippen LogP contribution in [0.4, 0.5) is 0 Å². The first-order valence-corrected chi connectivity index (χ1v) is 2.88. The van der Waals surface area contributed by atoms with E-state index in [0.29, 0.717) is 0 Å². The van der Waals surface area contributed by atoms with Gasteiger partial charge in [-0.05, 0) is 13.0 Å². The lowest BCUT2D eigenvalue weighted by Crippen LogP contribution is -2.28. The number of hydrogen-bond acceptors (Lipinski definition) is 3. The molecule has 0 aromatic carbocycles. The molecule has 0 aliphatic heterocycles. The van der Waals surface area contributed by atoms with Gasteiger partial charge in [0.2, 0.25) is 0 Å². The molecule has 1 aromatic heterocycles. The summed E-state index contributed by atoms with van der Waals surface area (Å²) in [6.45, 7) is 1.62. The van der Waals surface area contributed by atoms with E-state index in [-0.39, 0.29) is 6.54 Å². The minimum atomic E-state index is -1.12. The maximum atomic E-state index is 10.0. The molecule has 0 amide bonds. The van der Waals surface area contributed by atoms with E-state index in [1.54, 1.807) is 19.2 Å². The summed E-state index contributed by atoms with van der Waals surface area (Å²) < 4.78 is 1.37. The van der Waals surface area contributed by atoms with Gasteiger partial charge < -0.3 is 9.90 Å². The molecule has 0 saturated carbocycles. The molecule has 0 spiro atoms. The monoisotopic (exact) mass is 139 g/mol. The zero-order chi connectivity index (χ0) is 7.56. The van der Waals surface area contributed by atoms with Crippen LogP contribution in [0.25, 0.3) is 0 Å². The minimum Gasteiger partial charge on any atom is -0.548 e. The molecule has 0 bridgehead atoms. The number of hydrogen-bond donors (Lipinski definition) is 0. The first-order valence-electron chi connectivity index (χ1n) is 2.88. The van der Waals surface area contributed by atoms with E-state index in [1.165, 1.54) is 4.68 Å². The first kappa shape index (κ1) is 6.80. The molecule has 0 aliphatic carbocycles. The van der Waals surface area contributed by atoms with E-state index >= 15 is 0 Å². The average molecular weight is 139 g/mol. The van der Waals surface area contributed by atoms with Crippen molar-refractivity contribution in [3.8, 4) is 0 Å². The Morgan fingerprint density at radius 1 is 1.90 bits per heavy atom. The number of nitrogens with zero attached hydrogens (tertiary/aromatic N) is 2. The van der Waals surface area contributed by atoms with E-state index in [9.17, 15) is 9.90 Å². The van der Waals surface area contributed by atoms with Gasteiger partial charge in [0, 0.05) is 11.9 Å². The highest BCUT2D eigenvalue weighted by molar-refractivity contribution is 5.63. The number of aryl methyl sites for hydroxylation is 1. The SMILES string of the molecule is Cc1ccnn1CC(=O)[O-]. The van der Waals surface area contributed by atoms with Crippen molar-refractivity contribution in [2.24, 2.45) is 0 Å². The fourth-order valence-corrected chi connectivity index (χ4v) is 0.687. The first-order chi connectivity index (χ1) is 4.70. The number of carboxylic acids is 1. The van der Waals surface area contributed by atoms with Crippen molar-refractivity contribution in [1.82, 2.24) is 9.78 Å². The summed E-state index contributed by atoms with van der Waals surface area (Å²) in [6.07, 6.45) is 1.55. The number of rotatable bonds is 2. The molecule has 4 heteroatoms. The Balaban J connectivity index is 2.74. The van der Waals surface area contributed by atoms with Crippen LogP contribution in [0.5, 0.6) is 0 Å². The number of carbonyl (C=O) groups excluding carboxylic acids is 1. The summed E-state index contributed by atoms with van der Waals surface area (Å²) in [7, 11) is 0. The van der Waals surface area contributed by atoms with Crippen molar-refractivity contribution in [2.75, 3.05) is 0 Å². The quantitative estimate of drug-likeness (QED) is 0.524. The molecule has 0 fully saturated rings. The normalized spacial score (nSPS) is 9.70. The lowest BCUT2D eigenvalue weighted by molar-refractivity contribution is -0.306. The van der Waals surface area contributed by atoms with E-state index < -0.39 is 5.97 Å². The molecule has 4 nitrogen and oxygen atoms in total. The fourth-order valence-electron chi connectivity index (χ4n) is 0.687. The molecule has 1 heterocycles. The molecule has 0 unspecified atom stereocenters. The van der Waals surface area contributed by atoms with Gasteiger partial charge in [-0.15, -0.1) is 0 Å². The predicted octanol–water partition coefficient (Wildman–Crippen LogP) is -1.06. The Hall–Kier alpha value is -1.32. The average Bonchev–Trinajstić information content (AvgIpc) is 2.15. The van der Waals surface area contributed by atoms with Crippen LogP contribution >= 0.6 is 0 Å². The molecular weight excluding hydrogens is 132 g/mol. The van der Waals surface area contributed by atoms with E-state index in [1.807, 2.05) is 0 Å². The number of aliphatic carboxylic acids is 1. The Bertz CT molecular complexity index is 242. The summed E-state index contributed by atoms with van der Waals surface area (Å²) in [6, 6.07) is 1.74. The highest BCUT2D eigenvalue weighted by Crippen LogP contribution is 1.93. The van der Waals surface area contributed by atoms with E-state index in [4.69, 9.17) is 0 Å². The van der Waals surface area contributed by atoms with Crippen molar-refractivity contribution in [1.29, 1.82) is 0 Å². The Kier molecular flexibility index (Phi) is 1.71. The summed E-state index contributed by atoms with van der Waals surface area (Å²) in [5, 5.41) is 13.8. The van der Waals surface area contributed by atoms with Crippen LogP contribution in [0.2, 0.25) is 0 Å². The van der Waals surface area contributed by atoms with Gasteiger partial charge in [-0.25, -0.2) is 0 Å². The maximum absolute atomic E-state index is 10.0. The van der Waals surface area contributed by atoms with Gasteiger partial charge in [0.25, 0.3) is 0 Å². The van der Waals surface area contributed by atoms with Crippen LogP contribution in [-0.4, -0.2) is 15.7 Å². The lowest BCUT2D eigenvalue weighted by atomic mass is 10.5. The van der Waals surface area contributed by atoms with Gasteiger partial charge in [0.05, 0.1) is 12.5 Å². The molecule has 1 rings (SSSR count). The topological polar surface area (TPSA) is 58.0 Å². The summed E-state index contributed by atoms with van der Waals surface area (Å²) in [5.41, 5.74) is 0.823. The third kappa shape index (κ3) is 1.34. The van der Waals surface area contributed by atoms with Crippen molar-refractivity contribution < 1.29 is 9.90 Å². The molecule has 1 aromatic rings. The van der Waals surface area contributed by atoms with Crippen LogP contribution in [-0.2, 0) is 11.3 Å². The van der Waals surface area contributed by atoms with Crippen LogP contribution in [0.3, 0.4) is 0 Å². The lowest BCUT2D eigenvalue weighted by Gasteiger charge is -2.03. The smallest absolute Gasteiger partial charge is 0.0807 e. The predicted molar refractivity (Wildman–Crippen MR) is 32.0 cm³/mol. The molecule has 0 radical (unpaired) electrons. The molecule has 0 aliphatic rings. The zero-order valence-corrected chi connectivity index (χ0v) is 5.57. The van der Waals surface area contributed by atoms with Gasteiger partial charge in [-0.2, -0.15) is 5.10 Å². The number of carbonyl (C=O) groups is 1. The van der Waals surface area contributed by atoms with Crippen molar-refractivity contribution >= 4 is 5.97 Å². The Labute approximate surface area is 58.1 Å². The molecule has 0 saturated heterocycles. The third-order valence-electron chi connectivity index (χ3n) is 1.21. The molecule has 10 heavy (non-hydrogen) atoms. The Morgan fingerprint density at radius 2 is 2.60 bits per heavy atom. The summed E-state index contributed by atoms with van der Waals surface area (Å²) >= 11 is 0.